The molecule has 0 spiro atoms. The summed E-state index contributed by atoms with van der Waals surface area (Å²) in [6.07, 6.45) is 2.11. The minimum atomic E-state index is -0.843. The van der Waals surface area contributed by atoms with Crippen LogP contribution in [0.25, 0.3) is 0 Å². The van der Waals surface area contributed by atoms with Crippen LogP contribution in [0.5, 0.6) is 0 Å². The molecule has 2 aromatic rings. The number of anilines is 1. The molecule has 1 N–H and O–H groups in total. The van der Waals surface area contributed by atoms with E-state index in [1.807, 2.05) is 4.90 Å². The van der Waals surface area contributed by atoms with E-state index in [2.05, 4.69) is 12.2 Å². The zero-order valence-electron chi connectivity index (χ0n) is 14.5. The second-order valence-corrected chi connectivity index (χ2v) is 6.63. The Morgan fingerprint density at radius 3 is 2.27 bits per heavy atom. The van der Waals surface area contributed by atoms with Gasteiger partial charge < -0.3 is 10.2 Å². The van der Waals surface area contributed by atoms with Crippen molar-refractivity contribution in [1.29, 1.82) is 0 Å². The van der Waals surface area contributed by atoms with Gasteiger partial charge in [0.1, 0.15) is 17.3 Å². The molecule has 1 heterocycles. The molecule has 1 atom stereocenters. The summed E-state index contributed by atoms with van der Waals surface area (Å²) in [5, 5.41) is 2.23. The van der Waals surface area contributed by atoms with E-state index in [1.165, 1.54) is 18.2 Å². The molecule has 1 aliphatic heterocycles. The topological polar surface area (TPSA) is 49.4 Å². The number of para-hydroxylation sites is 1. The summed E-state index contributed by atoms with van der Waals surface area (Å²) in [7, 11) is 0. The summed E-state index contributed by atoms with van der Waals surface area (Å²) in [5.74, 6) is -1.91. The second kappa shape index (κ2) is 7.64. The van der Waals surface area contributed by atoms with Crippen LogP contribution in [-0.4, -0.2) is 29.8 Å². The van der Waals surface area contributed by atoms with Gasteiger partial charge in [-0.2, -0.15) is 0 Å². The quantitative estimate of drug-likeness (QED) is 0.898. The largest absolute Gasteiger partial charge is 0.338 e. The highest BCUT2D eigenvalue weighted by atomic mass is 19.1. The Bertz CT molecular complexity index is 801. The van der Waals surface area contributed by atoms with Gasteiger partial charge >= 0.3 is 0 Å². The Morgan fingerprint density at radius 1 is 1.04 bits per heavy atom. The lowest BCUT2D eigenvalue weighted by Crippen LogP contribution is -2.39. The molecule has 0 aliphatic carbocycles. The molecule has 3 rings (SSSR count). The van der Waals surface area contributed by atoms with Crippen molar-refractivity contribution >= 4 is 17.5 Å². The lowest BCUT2D eigenvalue weighted by atomic mass is 9.99. The van der Waals surface area contributed by atoms with Gasteiger partial charge in [-0.15, -0.1) is 0 Å². The maximum Gasteiger partial charge on any atom is 0.255 e. The monoisotopic (exact) mass is 358 g/mol. The molecule has 1 aliphatic rings. The number of likely N-dealkylation sites (tertiary alicyclic amines) is 1. The highest BCUT2D eigenvalue weighted by molar-refractivity contribution is 6.05. The predicted octanol–water partition coefficient (Wildman–Crippen LogP) is 4.09. The summed E-state index contributed by atoms with van der Waals surface area (Å²) in [4.78, 5) is 26.6. The number of hydrogen-bond donors (Lipinski definition) is 1. The highest BCUT2D eigenvalue weighted by Gasteiger charge is 2.22. The predicted molar refractivity (Wildman–Crippen MR) is 95.1 cm³/mol. The summed E-state index contributed by atoms with van der Waals surface area (Å²) in [6.45, 7) is 3.58. The molecule has 1 saturated heterocycles. The Labute approximate surface area is 150 Å². The van der Waals surface area contributed by atoms with Crippen LogP contribution >= 0.6 is 0 Å². The normalized spacial score (nSPS) is 17.0. The van der Waals surface area contributed by atoms with E-state index >= 15 is 0 Å². The average Bonchev–Trinajstić information content (AvgIpc) is 2.64. The van der Waals surface area contributed by atoms with Crippen molar-refractivity contribution < 1.29 is 18.4 Å². The van der Waals surface area contributed by atoms with Crippen molar-refractivity contribution in [1.82, 2.24) is 4.90 Å². The lowest BCUT2D eigenvalue weighted by molar-refractivity contribution is 0.0682. The van der Waals surface area contributed by atoms with E-state index in [0.29, 0.717) is 11.5 Å². The van der Waals surface area contributed by atoms with E-state index < -0.39 is 23.2 Å². The van der Waals surface area contributed by atoms with Gasteiger partial charge in [-0.1, -0.05) is 13.0 Å². The van der Waals surface area contributed by atoms with Crippen LogP contribution in [0.4, 0.5) is 14.5 Å². The SMILES string of the molecule is CC1CCCN(C(=O)c2ccc(C(=O)Nc3c(F)cccc3F)cc2)C1. The highest BCUT2D eigenvalue weighted by Crippen LogP contribution is 2.20. The number of nitrogens with one attached hydrogen (secondary N) is 1. The number of rotatable bonds is 3. The second-order valence-electron chi connectivity index (χ2n) is 6.63. The molecule has 0 saturated carbocycles. The Kier molecular flexibility index (Phi) is 5.30. The number of hydrogen-bond acceptors (Lipinski definition) is 2. The average molecular weight is 358 g/mol. The molecule has 6 heteroatoms. The van der Waals surface area contributed by atoms with Crippen molar-refractivity contribution in [2.24, 2.45) is 5.92 Å². The number of nitrogens with zero attached hydrogens (tertiary/aromatic N) is 1. The minimum Gasteiger partial charge on any atom is -0.338 e. The summed E-state index contributed by atoms with van der Waals surface area (Å²) in [5.41, 5.74) is 0.226. The van der Waals surface area contributed by atoms with Gasteiger partial charge in [-0.05, 0) is 55.2 Å². The zero-order chi connectivity index (χ0) is 18.7. The van der Waals surface area contributed by atoms with Crippen LogP contribution in [0.2, 0.25) is 0 Å². The lowest BCUT2D eigenvalue weighted by Gasteiger charge is -2.31. The standard InChI is InChI=1S/C20H20F2N2O2/c1-13-4-3-11-24(12-13)20(26)15-9-7-14(8-10-15)19(25)23-18-16(21)5-2-6-17(18)22/h2,5-10,13H,3-4,11-12H2,1H3,(H,23,25). The molecule has 2 amide bonds. The maximum atomic E-state index is 13.6. The van der Waals surface area contributed by atoms with Crippen molar-refractivity contribution in [3.8, 4) is 0 Å². The van der Waals surface area contributed by atoms with Gasteiger partial charge in [-0.25, -0.2) is 8.78 Å². The van der Waals surface area contributed by atoms with E-state index in [0.717, 1.165) is 38.1 Å². The number of carbonyl (C=O) groups is 2. The van der Waals surface area contributed by atoms with Crippen molar-refractivity contribution in [2.75, 3.05) is 18.4 Å². The summed E-state index contributed by atoms with van der Waals surface area (Å²) >= 11 is 0. The van der Waals surface area contributed by atoms with E-state index in [1.54, 1.807) is 12.1 Å². The van der Waals surface area contributed by atoms with Crippen LogP contribution in [0.1, 0.15) is 40.5 Å². The summed E-state index contributed by atoms with van der Waals surface area (Å²) in [6, 6.07) is 9.45. The van der Waals surface area contributed by atoms with Crippen LogP contribution in [-0.2, 0) is 0 Å². The molecule has 0 bridgehead atoms. The number of halogens is 2. The van der Waals surface area contributed by atoms with Crippen molar-refractivity contribution in [2.45, 2.75) is 19.8 Å². The molecular formula is C20H20F2N2O2. The molecule has 4 nitrogen and oxygen atoms in total. The third-order valence-corrected chi connectivity index (χ3v) is 4.54. The smallest absolute Gasteiger partial charge is 0.255 e. The number of carbonyl (C=O) groups excluding carboxylic acids is 2. The van der Waals surface area contributed by atoms with Gasteiger partial charge in [-0.3, -0.25) is 9.59 Å². The molecule has 136 valence electrons. The van der Waals surface area contributed by atoms with Crippen LogP contribution in [0.3, 0.4) is 0 Å². The molecule has 0 aromatic heterocycles. The fourth-order valence-corrected chi connectivity index (χ4v) is 3.12. The Balaban J connectivity index is 1.71. The first kappa shape index (κ1) is 18.0. The summed E-state index contributed by atoms with van der Waals surface area (Å²) < 4.78 is 27.3. The number of piperidine rings is 1. The molecular weight excluding hydrogens is 338 g/mol. The third-order valence-electron chi connectivity index (χ3n) is 4.54. The molecule has 1 fully saturated rings. The Hall–Kier alpha value is -2.76. The molecule has 1 unspecified atom stereocenters. The van der Waals surface area contributed by atoms with Gasteiger partial charge in [0.25, 0.3) is 11.8 Å². The fraction of sp³-hybridized carbons (Fsp3) is 0.300. The first-order valence-electron chi connectivity index (χ1n) is 8.60. The van der Waals surface area contributed by atoms with E-state index in [-0.39, 0.29) is 11.5 Å². The number of benzene rings is 2. The first-order valence-corrected chi connectivity index (χ1v) is 8.60. The van der Waals surface area contributed by atoms with Crippen LogP contribution in [0.15, 0.2) is 42.5 Å². The number of amides is 2. The van der Waals surface area contributed by atoms with Gasteiger partial charge in [0.05, 0.1) is 0 Å². The Morgan fingerprint density at radius 2 is 1.65 bits per heavy atom. The van der Waals surface area contributed by atoms with Crippen molar-refractivity contribution in [3.05, 3.63) is 65.2 Å². The van der Waals surface area contributed by atoms with Crippen LogP contribution < -0.4 is 5.32 Å². The van der Waals surface area contributed by atoms with Gasteiger partial charge in [0, 0.05) is 24.2 Å². The maximum absolute atomic E-state index is 13.6. The third kappa shape index (κ3) is 3.90. The van der Waals surface area contributed by atoms with Crippen LogP contribution in [0, 0.1) is 17.6 Å². The molecule has 2 aromatic carbocycles. The van der Waals surface area contributed by atoms with Gasteiger partial charge in [0.15, 0.2) is 0 Å². The van der Waals surface area contributed by atoms with E-state index in [9.17, 15) is 18.4 Å². The molecule has 0 radical (unpaired) electrons. The minimum absolute atomic E-state index is 0.0661. The fourth-order valence-electron chi connectivity index (χ4n) is 3.12. The first-order chi connectivity index (χ1) is 12.5. The van der Waals surface area contributed by atoms with E-state index in [4.69, 9.17) is 0 Å². The van der Waals surface area contributed by atoms with Crippen molar-refractivity contribution in [3.63, 3.8) is 0 Å². The van der Waals surface area contributed by atoms with Gasteiger partial charge in [0.2, 0.25) is 0 Å². The molecule has 26 heavy (non-hydrogen) atoms. The zero-order valence-corrected chi connectivity index (χ0v) is 14.5.